The van der Waals surface area contributed by atoms with Gasteiger partial charge in [0.2, 0.25) is 5.91 Å². The predicted molar refractivity (Wildman–Crippen MR) is 95.7 cm³/mol. The van der Waals surface area contributed by atoms with Gasteiger partial charge < -0.3 is 5.32 Å². The van der Waals surface area contributed by atoms with Gasteiger partial charge in [-0.3, -0.25) is 9.59 Å². The number of hydrogen-bond acceptors (Lipinski definition) is 5. The maximum atomic E-state index is 12.9. The molecule has 3 rings (SSSR count). The van der Waals surface area contributed by atoms with Crippen LogP contribution in [0, 0.1) is 0 Å². The summed E-state index contributed by atoms with van der Waals surface area (Å²) in [6, 6.07) is 2.29. The summed E-state index contributed by atoms with van der Waals surface area (Å²) in [7, 11) is -3.26. The summed E-state index contributed by atoms with van der Waals surface area (Å²) in [5.74, 6) is -1.47. The summed E-state index contributed by atoms with van der Waals surface area (Å²) < 4.78 is 62.0. The molecule has 1 fully saturated rings. The molecule has 0 aromatic heterocycles. The van der Waals surface area contributed by atoms with Crippen molar-refractivity contribution in [2.24, 2.45) is 5.10 Å². The SMILES string of the molecule is O=C(Nc1ccc(Cl)c(C(F)(F)F)c1)C1=NN([C@@H]2CCS(=O)(=O)C2)C(=O)CC1. The van der Waals surface area contributed by atoms with Crippen molar-refractivity contribution >= 4 is 44.7 Å². The first-order valence-electron chi connectivity index (χ1n) is 8.24. The molecule has 1 atom stereocenters. The highest BCUT2D eigenvalue weighted by Gasteiger charge is 2.37. The zero-order valence-electron chi connectivity index (χ0n) is 14.3. The summed E-state index contributed by atoms with van der Waals surface area (Å²) in [5, 5.41) is 6.79. The molecule has 1 aromatic rings. The van der Waals surface area contributed by atoms with Gasteiger partial charge in [-0.1, -0.05) is 11.6 Å². The van der Waals surface area contributed by atoms with Crippen molar-refractivity contribution in [1.29, 1.82) is 0 Å². The van der Waals surface area contributed by atoms with Crippen LogP contribution in [0.25, 0.3) is 0 Å². The summed E-state index contributed by atoms with van der Waals surface area (Å²) >= 11 is 5.55. The fraction of sp³-hybridized carbons (Fsp3) is 0.438. The number of sulfone groups is 1. The minimum Gasteiger partial charge on any atom is -0.321 e. The Balaban J connectivity index is 1.79. The number of anilines is 1. The quantitative estimate of drug-likeness (QED) is 0.785. The van der Waals surface area contributed by atoms with Crippen LogP contribution in [0.3, 0.4) is 0 Å². The molecule has 2 heterocycles. The number of rotatable bonds is 3. The predicted octanol–water partition coefficient (Wildman–Crippen LogP) is 2.46. The monoisotopic (exact) mass is 437 g/mol. The third-order valence-electron chi connectivity index (χ3n) is 4.41. The Morgan fingerprint density at radius 2 is 2.00 bits per heavy atom. The third kappa shape index (κ3) is 4.46. The van der Waals surface area contributed by atoms with Crippen molar-refractivity contribution in [2.75, 3.05) is 16.8 Å². The average molecular weight is 438 g/mol. The van der Waals surface area contributed by atoms with E-state index in [2.05, 4.69) is 10.4 Å². The van der Waals surface area contributed by atoms with E-state index in [9.17, 15) is 31.2 Å². The third-order valence-corrected chi connectivity index (χ3v) is 6.49. The molecule has 1 aromatic carbocycles. The molecule has 7 nitrogen and oxygen atoms in total. The highest BCUT2D eigenvalue weighted by atomic mass is 35.5. The second-order valence-corrected chi connectivity index (χ2v) is 9.12. The van der Waals surface area contributed by atoms with Crippen LogP contribution in [0.1, 0.15) is 24.8 Å². The highest BCUT2D eigenvalue weighted by Crippen LogP contribution is 2.36. The van der Waals surface area contributed by atoms with Crippen molar-refractivity contribution in [1.82, 2.24) is 5.01 Å². The standard InChI is InChI=1S/C16H15ClF3N3O4S/c17-12-2-1-9(7-11(12)16(18,19)20)21-15(25)13-3-4-14(24)23(22-13)10-5-6-28(26,27)8-10/h1-2,7,10H,3-6,8H2,(H,21,25)/t10-/m1/s1. The maximum Gasteiger partial charge on any atom is 0.417 e. The van der Waals surface area contributed by atoms with Gasteiger partial charge in [0.1, 0.15) is 5.71 Å². The van der Waals surface area contributed by atoms with Gasteiger partial charge >= 0.3 is 6.18 Å². The lowest BCUT2D eigenvalue weighted by molar-refractivity contribution is -0.137. The zero-order chi connectivity index (χ0) is 20.7. The average Bonchev–Trinajstić information content (AvgIpc) is 2.95. The fourth-order valence-corrected chi connectivity index (χ4v) is 4.93. The topological polar surface area (TPSA) is 95.9 Å². The number of alkyl halides is 3. The number of carbonyl (C=O) groups excluding carboxylic acids is 2. The number of carbonyl (C=O) groups is 2. The minimum absolute atomic E-state index is 0.000352. The molecular formula is C16H15ClF3N3O4S. The number of benzene rings is 1. The van der Waals surface area contributed by atoms with E-state index in [0.29, 0.717) is 6.07 Å². The Kier molecular flexibility index (Phi) is 5.41. The van der Waals surface area contributed by atoms with E-state index in [-0.39, 0.29) is 42.2 Å². The van der Waals surface area contributed by atoms with Gasteiger partial charge in [0.25, 0.3) is 5.91 Å². The van der Waals surface area contributed by atoms with Gasteiger partial charge in [0, 0.05) is 18.5 Å². The van der Waals surface area contributed by atoms with Crippen LogP contribution in [0.15, 0.2) is 23.3 Å². The van der Waals surface area contributed by atoms with E-state index in [1.807, 2.05) is 0 Å². The Hall–Kier alpha value is -2.14. The molecule has 0 aliphatic carbocycles. The number of hydrogen-bond donors (Lipinski definition) is 1. The molecule has 2 aliphatic heterocycles. The zero-order valence-corrected chi connectivity index (χ0v) is 15.9. The van der Waals surface area contributed by atoms with E-state index in [0.717, 1.165) is 11.1 Å². The van der Waals surface area contributed by atoms with Crippen LogP contribution in [0.2, 0.25) is 5.02 Å². The summed E-state index contributed by atoms with van der Waals surface area (Å²) in [4.78, 5) is 24.5. The lowest BCUT2D eigenvalue weighted by atomic mass is 10.1. The molecule has 2 amide bonds. The lowest BCUT2D eigenvalue weighted by Crippen LogP contribution is -2.42. The normalized spacial score (nSPS) is 22.1. The number of hydrazone groups is 1. The molecule has 28 heavy (non-hydrogen) atoms. The van der Waals surface area contributed by atoms with Gasteiger partial charge in [0.15, 0.2) is 9.84 Å². The fourth-order valence-electron chi connectivity index (χ4n) is 3.01. The molecule has 152 valence electrons. The van der Waals surface area contributed by atoms with Crippen LogP contribution in [-0.2, 0) is 25.6 Å². The van der Waals surface area contributed by atoms with E-state index < -0.39 is 44.5 Å². The molecule has 2 aliphatic rings. The maximum absolute atomic E-state index is 12.9. The van der Waals surface area contributed by atoms with Crippen LogP contribution < -0.4 is 5.32 Å². The van der Waals surface area contributed by atoms with E-state index in [1.165, 1.54) is 6.07 Å². The second kappa shape index (κ2) is 7.36. The van der Waals surface area contributed by atoms with E-state index in [4.69, 9.17) is 11.6 Å². The van der Waals surface area contributed by atoms with Crippen molar-refractivity contribution in [2.45, 2.75) is 31.5 Å². The van der Waals surface area contributed by atoms with E-state index >= 15 is 0 Å². The summed E-state index contributed by atoms with van der Waals surface area (Å²) in [6.07, 6.45) is -4.51. The van der Waals surface area contributed by atoms with Crippen molar-refractivity contribution in [3.63, 3.8) is 0 Å². The minimum atomic E-state index is -4.68. The molecular weight excluding hydrogens is 423 g/mol. The largest absolute Gasteiger partial charge is 0.417 e. The Morgan fingerprint density at radius 3 is 2.61 bits per heavy atom. The first-order valence-corrected chi connectivity index (χ1v) is 10.4. The number of nitrogens with zero attached hydrogens (tertiary/aromatic N) is 2. The Morgan fingerprint density at radius 1 is 1.29 bits per heavy atom. The molecule has 12 heteroatoms. The first-order chi connectivity index (χ1) is 13.0. The molecule has 1 N–H and O–H groups in total. The summed E-state index contributed by atoms with van der Waals surface area (Å²) in [6.45, 7) is 0. The molecule has 1 saturated heterocycles. The van der Waals surface area contributed by atoms with Crippen LogP contribution in [0.5, 0.6) is 0 Å². The lowest BCUT2D eigenvalue weighted by Gasteiger charge is -2.27. The second-order valence-electron chi connectivity index (χ2n) is 6.49. The van der Waals surface area contributed by atoms with Gasteiger partial charge in [0.05, 0.1) is 28.1 Å². The number of halogens is 4. The van der Waals surface area contributed by atoms with Crippen LogP contribution in [0.4, 0.5) is 18.9 Å². The molecule has 0 bridgehead atoms. The van der Waals surface area contributed by atoms with Crippen molar-refractivity contribution in [3.05, 3.63) is 28.8 Å². The number of amides is 2. The number of nitrogens with one attached hydrogen (secondary N) is 1. The van der Waals surface area contributed by atoms with E-state index in [1.54, 1.807) is 0 Å². The Bertz CT molecular complexity index is 962. The molecule has 0 spiro atoms. The van der Waals surface area contributed by atoms with Gasteiger partial charge in [-0.15, -0.1) is 0 Å². The van der Waals surface area contributed by atoms with Gasteiger partial charge in [-0.2, -0.15) is 18.3 Å². The first kappa shape index (κ1) is 20.6. The molecule has 0 saturated carbocycles. The van der Waals surface area contributed by atoms with Crippen molar-refractivity contribution in [3.8, 4) is 0 Å². The van der Waals surface area contributed by atoms with Crippen LogP contribution in [-0.4, -0.2) is 48.5 Å². The highest BCUT2D eigenvalue weighted by molar-refractivity contribution is 7.91. The summed E-state index contributed by atoms with van der Waals surface area (Å²) in [5.41, 5.74) is -1.28. The Labute approximate surface area is 163 Å². The van der Waals surface area contributed by atoms with Crippen LogP contribution >= 0.6 is 11.6 Å². The van der Waals surface area contributed by atoms with Gasteiger partial charge in [-0.05, 0) is 24.6 Å². The molecule has 0 unspecified atom stereocenters. The van der Waals surface area contributed by atoms with Crippen molar-refractivity contribution < 1.29 is 31.2 Å². The smallest absolute Gasteiger partial charge is 0.321 e. The molecule has 0 radical (unpaired) electrons. The van der Waals surface area contributed by atoms with Gasteiger partial charge in [-0.25, -0.2) is 13.4 Å².